The van der Waals surface area contributed by atoms with Gasteiger partial charge in [0.25, 0.3) is 0 Å². The van der Waals surface area contributed by atoms with Crippen LogP contribution in [0.3, 0.4) is 0 Å². The molecule has 33 heavy (non-hydrogen) atoms. The molecule has 0 spiro atoms. The predicted molar refractivity (Wildman–Crippen MR) is 111 cm³/mol. The second-order valence-electron chi connectivity index (χ2n) is 7.30. The SMILES string of the molecule is C[C@H](Nc1cc(C2OC2N)nc(-c2ccc(Oc3ccc(C(F)(F)F)cn3)cc2)n1)C(N)=O. The van der Waals surface area contributed by atoms with Crippen molar-refractivity contribution in [2.24, 2.45) is 11.5 Å². The van der Waals surface area contributed by atoms with Crippen LogP contribution in [-0.2, 0) is 15.7 Å². The van der Waals surface area contributed by atoms with E-state index in [1.807, 2.05) is 0 Å². The van der Waals surface area contributed by atoms with Crippen molar-refractivity contribution >= 4 is 11.7 Å². The Morgan fingerprint density at radius 3 is 2.42 bits per heavy atom. The molecule has 0 radical (unpaired) electrons. The van der Waals surface area contributed by atoms with Crippen LogP contribution in [0.4, 0.5) is 19.0 Å². The van der Waals surface area contributed by atoms with E-state index >= 15 is 0 Å². The number of rotatable bonds is 7. The summed E-state index contributed by atoms with van der Waals surface area (Å²) in [5.41, 5.74) is 11.4. The van der Waals surface area contributed by atoms with E-state index in [2.05, 4.69) is 20.3 Å². The van der Waals surface area contributed by atoms with Crippen LogP contribution in [0.15, 0.2) is 48.7 Å². The molecule has 5 N–H and O–H groups in total. The zero-order chi connectivity index (χ0) is 23.8. The molecule has 1 amide bonds. The predicted octanol–water partition coefficient (Wildman–Crippen LogP) is 2.99. The van der Waals surface area contributed by atoms with Crippen molar-refractivity contribution in [3.63, 3.8) is 0 Å². The maximum Gasteiger partial charge on any atom is 0.417 e. The number of alkyl halides is 3. The largest absolute Gasteiger partial charge is 0.439 e. The number of amides is 1. The first kappa shape index (κ1) is 22.4. The maximum atomic E-state index is 12.7. The van der Waals surface area contributed by atoms with Crippen LogP contribution in [0, 0.1) is 0 Å². The summed E-state index contributed by atoms with van der Waals surface area (Å²) in [6.45, 7) is 1.60. The van der Waals surface area contributed by atoms with Gasteiger partial charge in [-0.25, -0.2) is 15.0 Å². The average Bonchev–Trinajstić information content (AvgIpc) is 3.50. The number of hydrogen-bond acceptors (Lipinski definition) is 8. The summed E-state index contributed by atoms with van der Waals surface area (Å²) in [5, 5.41) is 2.91. The van der Waals surface area contributed by atoms with Gasteiger partial charge in [-0.2, -0.15) is 13.2 Å². The molecule has 2 aromatic heterocycles. The minimum Gasteiger partial charge on any atom is -0.439 e. The number of nitrogens with two attached hydrogens (primary N) is 2. The molecule has 3 atom stereocenters. The van der Waals surface area contributed by atoms with E-state index in [1.54, 1.807) is 37.3 Å². The molecular weight excluding hydrogens is 441 g/mol. The number of benzene rings is 1. The molecule has 1 fully saturated rings. The molecule has 3 heterocycles. The van der Waals surface area contributed by atoms with Gasteiger partial charge in [-0.1, -0.05) is 0 Å². The first-order chi connectivity index (χ1) is 15.6. The van der Waals surface area contributed by atoms with Gasteiger partial charge in [0.2, 0.25) is 11.8 Å². The van der Waals surface area contributed by atoms with Gasteiger partial charge in [0, 0.05) is 23.9 Å². The van der Waals surface area contributed by atoms with Gasteiger partial charge in [0.1, 0.15) is 29.9 Å². The van der Waals surface area contributed by atoms with Gasteiger partial charge in [-0.15, -0.1) is 0 Å². The van der Waals surface area contributed by atoms with Crippen LogP contribution in [-0.4, -0.2) is 33.1 Å². The highest BCUT2D eigenvalue weighted by Gasteiger charge is 2.38. The van der Waals surface area contributed by atoms with E-state index in [0.29, 0.717) is 34.8 Å². The fourth-order valence-corrected chi connectivity index (χ4v) is 2.87. The molecule has 2 unspecified atom stereocenters. The van der Waals surface area contributed by atoms with Crippen LogP contribution in [0.5, 0.6) is 11.6 Å². The number of hydrogen-bond donors (Lipinski definition) is 3. The number of nitrogens with one attached hydrogen (secondary N) is 1. The van der Waals surface area contributed by atoms with Crippen molar-refractivity contribution in [3.8, 4) is 23.0 Å². The Labute approximate surface area is 186 Å². The minimum atomic E-state index is -4.47. The third-order valence-corrected chi connectivity index (χ3v) is 4.75. The molecule has 9 nitrogen and oxygen atoms in total. The Morgan fingerprint density at radius 2 is 1.88 bits per heavy atom. The number of primary amides is 1. The number of carbonyl (C=O) groups excluding carboxylic acids is 1. The summed E-state index contributed by atoms with van der Waals surface area (Å²) in [4.78, 5) is 24.0. The molecule has 0 saturated carbocycles. The number of epoxide rings is 1. The van der Waals surface area contributed by atoms with Crippen molar-refractivity contribution in [2.45, 2.75) is 31.5 Å². The molecule has 172 valence electrons. The normalized spacial score (nSPS) is 18.5. The highest BCUT2D eigenvalue weighted by molar-refractivity contribution is 5.82. The van der Waals surface area contributed by atoms with E-state index < -0.39 is 29.9 Å². The smallest absolute Gasteiger partial charge is 0.417 e. The highest BCUT2D eigenvalue weighted by atomic mass is 19.4. The quantitative estimate of drug-likeness (QED) is 0.457. The van der Waals surface area contributed by atoms with Gasteiger partial charge in [0.05, 0.1) is 11.3 Å². The zero-order valence-electron chi connectivity index (χ0n) is 17.2. The Bertz CT molecular complexity index is 1160. The number of anilines is 1. The van der Waals surface area contributed by atoms with Gasteiger partial charge in [0.15, 0.2) is 5.82 Å². The summed E-state index contributed by atoms with van der Waals surface area (Å²) in [6, 6.07) is 9.55. The van der Waals surface area contributed by atoms with Crippen LogP contribution >= 0.6 is 0 Å². The highest BCUT2D eigenvalue weighted by Crippen LogP contribution is 2.36. The molecule has 3 aromatic rings. The summed E-state index contributed by atoms with van der Waals surface area (Å²) >= 11 is 0. The number of pyridine rings is 1. The fraction of sp³-hybridized carbons (Fsp3) is 0.238. The second-order valence-corrected chi connectivity index (χ2v) is 7.30. The molecule has 1 aliphatic rings. The van der Waals surface area contributed by atoms with Gasteiger partial charge >= 0.3 is 6.18 Å². The third-order valence-electron chi connectivity index (χ3n) is 4.75. The number of ether oxygens (including phenoxy) is 2. The standard InChI is InChI=1S/C21H19F3N6O3/c1-10(18(25)31)28-15-8-14(17-19(26)33-17)29-20(30-15)11-2-5-13(6-3-11)32-16-7-4-12(9-27-16)21(22,23)24/h2-10,17,19H,26H2,1H3,(H2,25,31)(H,28,29,30)/t10-,17?,19?/m0/s1. The summed E-state index contributed by atoms with van der Waals surface area (Å²) in [5.74, 6) is 0.539. The van der Waals surface area contributed by atoms with Crippen LogP contribution < -0.4 is 21.5 Å². The van der Waals surface area contributed by atoms with Gasteiger partial charge < -0.3 is 26.3 Å². The van der Waals surface area contributed by atoms with Crippen molar-refractivity contribution in [1.82, 2.24) is 15.0 Å². The molecule has 12 heteroatoms. The molecule has 1 aliphatic heterocycles. The van der Waals surface area contributed by atoms with Crippen LogP contribution in [0.2, 0.25) is 0 Å². The molecule has 4 rings (SSSR count). The fourth-order valence-electron chi connectivity index (χ4n) is 2.87. The van der Waals surface area contributed by atoms with Crippen molar-refractivity contribution in [3.05, 3.63) is 59.9 Å². The molecule has 1 saturated heterocycles. The van der Waals surface area contributed by atoms with Crippen LogP contribution in [0.25, 0.3) is 11.4 Å². The minimum absolute atomic E-state index is 0.0146. The summed E-state index contributed by atoms with van der Waals surface area (Å²) in [6.07, 6.45) is -4.62. The third kappa shape index (κ3) is 5.35. The summed E-state index contributed by atoms with van der Waals surface area (Å²) in [7, 11) is 0. The Hall–Kier alpha value is -3.77. The Balaban J connectivity index is 1.54. The van der Waals surface area contributed by atoms with Crippen molar-refractivity contribution in [1.29, 1.82) is 0 Å². The monoisotopic (exact) mass is 460 g/mol. The van der Waals surface area contributed by atoms with Gasteiger partial charge in [-0.05, 0) is 37.3 Å². The number of carbonyl (C=O) groups is 1. The number of nitrogens with zero attached hydrogens (tertiary/aromatic N) is 3. The van der Waals surface area contributed by atoms with E-state index in [9.17, 15) is 18.0 Å². The van der Waals surface area contributed by atoms with E-state index in [-0.39, 0.29) is 12.0 Å². The van der Waals surface area contributed by atoms with Gasteiger partial charge in [-0.3, -0.25) is 4.79 Å². The van der Waals surface area contributed by atoms with Crippen LogP contribution in [0.1, 0.15) is 24.3 Å². The molecule has 0 bridgehead atoms. The summed E-state index contributed by atoms with van der Waals surface area (Å²) < 4.78 is 48.8. The molecular formula is C21H19F3N6O3. The van der Waals surface area contributed by atoms with Crippen molar-refractivity contribution < 1.29 is 27.4 Å². The number of aromatic nitrogens is 3. The number of halogens is 3. The zero-order valence-corrected chi connectivity index (χ0v) is 17.2. The van der Waals surface area contributed by atoms with E-state index in [1.165, 1.54) is 0 Å². The first-order valence-electron chi connectivity index (χ1n) is 9.77. The Morgan fingerprint density at radius 1 is 1.18 bits per heavy atom. The maximum absolute atomic E-state index is 12.7. The molecule has 1 aromatic carbocycles. The first-order valence-corrected chi connectivity index (χ1v) is 9.77. The molecule has 0 aliphatic carbocycles. The van der Waals surface area contributed by atoms with Crippen molar-refractivity contribution in [2.75, 3.05) is 5.32 Å². The lowest BCUT2D eigenvalue weighted by Crippen LogP contribution is -2.32. The van der Waals surface area contributed by atoms with E-state index in [4.69, 9.17) is 20.9 Å². The second kappa shape index (κ2) is 8.64. The Kier molecular flexibility index (Phi) is 5.87. The lowest BCUT2D eigenvalue weighted by molar-refractivity contribution is -0.137. The topological polar surface area (TPSA) is 142 Å². The average molecular weight is 460 g/mol. The lowest BCUT2D eigenvalue weighted by atomic mass is 10.2. The lowest BCUT2D eigenvalue weighted by Gasteiger charge is -2.13. The van der Waals surface area contributed by atoms with E-state index in [0.717, 1.165) is 12.1 Å².